The van der Waals surface area contributed by atoms with Crippen LogP contribution in [0.2, 0.25) is 0 Å². The Morgan fingerprint density at radius 1 is 1.26 bits per heavy atom. The van der Waals surface area contributed by atoms with Gasteiger partial charge in [-0.2, -0.15) is 0 Å². The number of nitrogens with two attached hydrogens (primary N) is 1. The second-order valence-corrected chi connectivity index (χ2v) is 6.18. The van der Waals surface area contributed by atoms with Gasteiger partial charge in [-0.25, -0.2) is 0 Å². The van der Waals surface area contributed by atoms with E-state index >= 15 is 0 Å². The number of nitrogens with one attached hydrogen (secondary N) is 1. The molecule has 6 nitrogen and oxygen atoms in total. The van der Waals surface area contributed by atoms with E-state index in [0.717, 1.165) is 25.7 Å². The molecular formula is C13H24N2O4. The maximum Gasteiger partial charge on any atom is 0.320 e. The number of rotatable bonds is 6. The molecule has 0 aromatic heterocycles. The van der Waals surface area contributed by atoms with Crippen LogP contribution in [0.3, 0.4) is 0 Å². The maximum absolute atomic E-state index is 11.1. The van der Waals surface area contributed by atoms with Gasteiger partial charge in [-0.15, -0.1) is 0 Å². The van der Waals surface area contributed by atoms with Gasteiger partial charge in [-0.3, -0.25) is 9.59 Å². The summed E-state index contributed by atoms with van der Waals surface area (Å²) in [6.07, 6.45) is 3.83. The zero-order chi connectivity index (χ0) is 14.6. The van der Waals surface area contributed by atoms with E-state index in [1.807, 2.05) is 0 Å². The topological polar surface area (TPSA) is 113 Å². The minimum Gasteiger partial charge on any atom is -0.480 e. The molecule has 0 spiro atoms. The number of hydrogen-bond donors (Lipinski definition) is 4. The summed E-state index contributed by atoms with van der Waals surface area (Å²) in [7, 11) is 0. The third-order valence-electron chi connectivity index (χ3n) is 3.88. The average Bonchev–Trinajstić information content (AvgIpc) is 2.30. The van der Waals surface area contributed by atoms with E-state index in [4.69, 9.17) is 15.9 Å². The van der Waals surface area contributed by atoms with Gasteiger partial charge < -0.3 is 21.3 Å². The molecule has 2 unspecified atom stereocenters. The standard InChI is InChI=1S/C13H24N2O4/c1-13(2)5-3-8(4-6-13)15-10(12(18)19)7-9(14)11(16)17/h8-10,15H,3-7,14H2,1-2H3,(H,16,17)(H,18,19). The Balaban J connectivity index is 2.51. The molecule has 6 heteroatoms. The number of aliphatic carboxylic acids is 2. The van der Waals surface area contributed by atoms with Crippen LogP contribution < -0.4 is 11.1 Å². The molecule has 110 valence electrons. The van der Waals surface area contributed by atoms with Crippen molar-refractivity contribution >= 4 is 11.9 Å². The van der Waals surface area contributed by atoms with Gasteiger partial charge >= 0.3 is 11.9 Å². The van der Waals surface area contributed by atoms with Crippen molar-refractivity contribution in [2.75, 3.05) is 0 Å². The normalized spacial score (nSPS) is 22.7. The number of carboxylic acid groups (broad SMARTS) is 2. The molecule has 0 aliphatic heterocycles. The first-order chi connectivity index (χ1) is 8.71. The first-order valence-electron chi connectivity index (χ1n) is 6.68. The molecule has 0 aromatic carbocycles. The third kappa shape index (κ3) is 5.16. The summed E-state index contributed by atoms with van der Waals surface area (Å²) in [6, 6.07) is -1.90. The second-order valence-electron chi connectivity index (χ2n) is 6.18. The molecule has 0 bridgehead atoms. The van der Waals surface area contributed by atoms with E-state index in [2.05, 4.69) is 19.2 Å². The lowest BCUT2D eigenvalue weighted by atomic mass is 9.75. The molecule has 2 atom stereocenters. The average molecular weight is 272 g/mol. The van der Waals surface area contributed by atoms with Crippen LogP contribution in [0.1, 0.15) is 46.0 Å². The van der Waals surface area contributed by atoms with Crippen LogP contribution >= 0.6 is 0 Å². The third-order valence-corrected chi connectivity index (χ3v) is 3.88. The Hall–Kier alpha value is -1.14. The summed E-state index contributed by atoms with van der Waals surface area (Å²) in [6.45, 7) is 4.41. The Labute approximate surface area is 113 Å². The fourth-order valence-electron chi connectivity index (χ4n) is 2.45. The van der Waals surface area contributed by atoms with Crippen LogP contribution in [0.15, 0.2) is 0 Å². The minimum atomic E-state index is -1.17. The molecule has 1 aliphatic rings. The fraction of sp³-hybridized carbons (Fsp3) is 0.846. The second kappa shape index (κ2) is 6.34. The van der Waals surface area contributed by atoms with Crippen LogP contribution in [0.5, 0.6) is 0 Å². The monoisotopic (exact) mass is 272 g/mol. The highest BCUT2D eigenvalue weighted by Gasteiger charge is 2.31. The van der Waals surface area contributed by atoms with Crippen LogP contribution in [-0.4, -0.2) is 40.3 Å². The zero-order valence-electron chi connectivity index (χ0n) is 11.6. The van der Waals surface area contributed by atoms with Gasteiger partial charge in [0.05, 0.1) is 0 Å². The Morgan fingerprint density at radius 2 is 1.79 bits per heavy atom. The van der Waals surface area contributed by atoms with E-state index < -0.39 is 24.0 Å². The quantitative estimate of drug-likeness (QED) is 0.569. The Kier molecular flexibility index (Phi) is 5.31. The molecule has 1 fully saturated rings. The molecule has 0 saturated heterocycles. The van der Waals surface area contributed by atoms with E-state index in [0.29, 0.717) is 5.41 Å². The summed E-state index contributed by atoms with van der Waals surface area (Å²) in [4.78, 5) is 21.8. The SMILES string of the molecule is CC1(C)CCC(NC(CC(N)C(=O)O)C(=O)O)CC1. The van der Waals surface area contributed by atoms with Gasteiger partial charge in [-0.05, 0) is 37.5 Å². The first-order valence-corrected chi connectivity index (χ1v) is 6.68. The molecule has 0 radical (unpaired) electrons. The predicted octanol–water partition coefficient (Wildman–Crippen LogP) is 0.800. The van der Waals surface area contributed by atoms with Crippen molar-refractivity contribution in [1.29, 1.82) is 0 Å². The van der Waals surface area contributed by atoms with Crippen LogP contribution in [0.25, 0.3) is 0 Å². The van der Waals surface area contributed by atoms with Crippen molar-refractivity contribution in [3.05, 3.63) is 0 Å². The number of carboxylic acids is 2. The zero-order valence-corrected chi connectivity index (χ0v) is 11.6. The Morgan fingerprint density at radius 3 is 2.21 bits per heavy atom. The van der Waals surface area contributed by atoms with Crippen molar-refractivity contribution in [1.82, 2.24) is 5.32 Å². The Bertz CT molecular complexity index is 334. The lowest BCUT2D eigenvalue weighted by Crippen LogP contribution is -2.49. The summed E-state index contributed by atoms with van der Waals surface area (Å²) in [5, 5.41) is 20.9. The highest BCUT2D eigenvalue weighted by Crippen LogP contribution is 2.35. The lowest BCUT2D eigenvalue weighted by molar-refractivity contribution is -0.141. The minimum absolute atomic E-state index is 0.0927. The smallest absolute Gasteiger partial charge is 0.320 e. The molecule has 0 aromatic rings. The predicted molar refractivity (Wildman–Crippen MR) is 70.8 cm³/mol. The molecule has 1 aliphatic carbocycles. The van der Waals surface area contributed by atoms with E-state index in [9.17, 15) is 9.59 Å². The van der Waals surface area contributed by atoms with Crippen LogP contribution in [0, 0.1) is 5.41 Å². The van der Waals surface area contributed by atoms with Crippen molar-refractivity contribution in [2.24, 2.45) is 11.1 Å². The summed E-state index contributed by atoms with van der Waals surface area (Å²) >= 11 is 0. The van der Waals surface area contributed by atoms with Gasteiger partial charge in [-0.1, -0.05) is 13.8 Å². The summed E-state index contributed by atoms with van der Waals surface area (Å²) in [5.41, 5.74) is 5.71. The van der Waals surface area contributed by atoms with Crippen molar-refractivity contribution in [2.45, 2.75) is 64.1 Å². The fourth-order valence-corrected chi connectivity index (χ4v) is 2.45. The molecule has 1 rings (SSSR count). The lowest BCUT2D eigenvalue weighted by Gasteiger charge is -2.36. The van der Waals surface area contributed by atoms with Gasteiger partial charge in [0.25, 0.3) is 0 Å². The van der Waals surface area contributed by atoms with E-state index in [1.165, 1.54) is 0 Å². The highest BCUT2D eigenvalue weighted by atomic mass is 16.4. The van der Waals surface area contributed by atoms with Gasteiger partial charge in [0.15, 0.2) is 0 Å². The first kappa shape index (κ1) is 15.9. The van der Waals surface area contributed by atoms with Crippen molar-refractivity contribution in [3.63, 3.8) is 0 Å². The molecule has 1 saturated carbocycles. The van der Waals surface area contributed by atoms with Gasteiger partial charge in [0, 0.05) is 6.04 Å². The molecule has 19 heavy (non-hydrogen) atoms. The van der Waals surface area contributed by atoms with Gasteiger partial charge in [0.1, 0.15) is 12.1 Å². The van der Waals surface area contributed by atoms with Crippen LogP contribution in [-0.2, 0) is 9.59 Å². The molecule has 0 amide bonds. The van der Waals surface area contributed by atoms with E-state index in [-0.39, 0.29) is 12.5 Å². The van der Waals surface area contributed by atoms with Crippen molar-refractivity contribution < 1.29 is 19.8 Å². The number of hydrogen-bond acceptors (Lipinski definition) is 4. The highest BCUT2D eigenvalue weighted by molar-refractivity contribution is 5.77. The summed E-state index contributed by atoms with van der Waals surface area (Å²) < 4.78 is 0. The number of carbonyl (C=O) groups is 2. The van der Waals surface area contributed by atoms with Gasteiger partial charge in [0.2, 0.25) is 0 Å². The van der Waals surface area contributed by atoms with Crippen molar-refractivity contribution in [3.8, 4) is 0 Å². The molecular weight excluding hydrogens is 248 g/mol. The largest absolute Gasteiger partial charge is 0.480 e. The summed E-state index contributed by atoms with van der Waals surface area (Å²) in [5.74, 6) is -2.21. The van der Waals surface area contributed by atoms with E-state index in [1.54, 1.807) is 0 Å². The maximum atomic E-state index is 11.1. The van der Waals surface area contributed by atoms with Crippen LogP contribution in [0.4, 0.5) is 0 Å². The molecule has 5 N–H and O–H groups in total. The molecule has 0 heterocycles.